The van der Waals surface area contributed by atoms with Crippen molar-refractivity contribution in [3.63, 3.8) is 0 Å². The molecule has 0 radical (unpaired) electrons. The molecule has 3 heteroatoms. The Hall–Kier alpha value is -2.16. The van der Waals surface area contributed by atoms with Crippen LogP contribution in [-0.4, -0.2) is 20.8 Å². The molecule has 2 aromatic rings. The summed E-state index contributed by atoms with van der Waals surface area (Å²) in [6.45, 7) is 1.95. The summed E-state index contributed by atoms with van der Waals surface area (Å²) < 4.78 is 10.7. The third-order valence-corrected chi connectivity index (χ3v) is 3.77. The van der Waals surface area contributed by atoms with E-state index in [-0.39, 0.29) is 0 Å². The normalized spacial score (nSPS) is 13.2. The molecule has 0 amide bonds. The minimum absolute atomic E-state index is 0.840. The zero-order valence-electron chi connectivity index (χ0n) is 11.9. The Morgan fingerprint density at radius 2 is 1.70 bits per heavy atom. The first-order chi connectivity index (χ1) is 9.80. The molecule has 0 fully saturated rings. The van der Waals surface area contributed by atoms with Crippen LogP contribution >= 0.6 is 0 Å². The lowest BCUT2D eigenvalue weighted by Gasteiger charge is -2.20. The van der Waals surface area contributed by atoms with Crippen LogP contribution in [-0.2, 0) is 13.0 Å². The fourth-order valence-corrected chi connectivity index (χ4v) is 2.75. The van der Waals surface area contributed by atoms with E-state index in [4.69, 9.17) is 9.47 Å². The Kier molecular flexibility index (Phi) is 3.50. The zero-order valence-corrected chi connectivity index (χ0v) is 11.9. The van der Waals surface area contributed by atoms with Gasteiger partial charge in [-0.3, -0.25) is 0 Å². The highest BCUT2D eigenvalue weighted by atomic mass is 16.5. The fraction of sp³-hybridized carbons (Fsp3) is 0.294. The summed E-state index contributed by atoms with van der Waals surface area (Å²) in [5.41, 5.74) is 3.98. The molecule has 2 aromatic carbocycles. The molecule has 3 rings (SSSR count). The number of benzene rings is 2. The Balaban J connectivity index is 1.85. The van der Waals surface area contributed by atoms with Crippen LogP contribution in [0.4, 0.5) is 5.69 Å². The molecular formula is C17H19NO2. The van der Waals surface area contributed by atoms with Crippen molar-refractivity contribution in [3.05, 3.63) is 53.6 Å². The third-order valence-electron chi connectivity index (χ3n) is 3.77. The van der Waals surface area contributed by atoms with Crippen LogP contribution < -0.4 is 14.4 Å². The second kappa shape index (κ2) is 5.45. The van der Waals surface area contributed by atoms with Crippen LogP contribution in [0, 0.1) is 0 Å². The van der Waals surface area contributed by atoms with Crippen LogP contribution in [0.2, 0.25) is 0 Å². The number of ether oxygens (including phenoxy) is 2. The van der Waals surface area contributed by atoms with E-state index in [2.05, 4.69) is 41.3 Å². The first-order valence-electron chi connectivity index (χ1n) is 6.85. The van der Waals surface area contributed by atoms with Gasteiger partial charge in [-0.25, -0.2) is 0 Å². The second-order valence-electron chi connectivity index (χ2n) is 5.02. The number of anilines is 1. The minimum atomic E-state index is 0.840. The predicted molar refractivity (Wildman–Crippen MR) is 80.7 cm³/mol. The molecule has 0 aromatic heterocycles. The molecule has 0 aliphatic carbocycles. The topological polar surface area (TPSA) is 21.7 Å². The molecule has 0 bridgehead atoms. The molecule has 3 nitrogen and oxygen atoms in total. The van der Waals surface area contributed by atoms with Gasteiger partial charge < -0.3 is 14.4 Å². The maximum atomic E-state index is 5.33. The highest BCUT2D eigenvalue weighted by Crippen LogP contribution is 2.30. The standard InChI is InChI=1S/C17H19NO2/c1-19-15-9-13(10-16(11-15)20-2)12-18-8-7-14-5-3-4-6-17(14)18/h3-6,9-11H,7-8,12H2,1-2H3. The van der Waals surface area contributed by atoms with E-state index in [9.17, 15) is 0 Å². The number of para-hydroxylation sites is 1. The maximum absolute atomic E-state index is 5.33. The molecule has 20 heavy (non-hydrogen) atoms. The summed E-state index contributed by atoms with van der Waals surface area (Å²) in [5.74, 6) is 1.68. The van der Waals surface area contributed by atoms with Crippen LogP contribution in [0.5, 0.6) is 11.5 Å². The Labute approximate surface area is 119 Å². The number of hydrogen-bond donors (Lipinski definition) is 0. The summed E-state index contributed by atoms with van der Waals surface area (Å²) in [5, 5.41) is 0. The van der Waals surface area contributed by atoms with Gasteiger partial charge >= 0.3 is 0 Å². The number of nitrogens with zero attached hydrogens (tertiary/aromatic N) is 1. The van der Waals surface area contributed by atoms with Gasteiger partial charge in [0, 0.05) is 24.8 Å². The Morgan fingerprint density at radius 1 is 1.00 bits per heavy atom. The summed E-state index contributed by atoms with van der Waals surface area (Å²) >= 11 is 0. The monoisotopic (exact) mass is 269 g/mol. The number of hydrogen-bond acceptors (Lipinski definition) is 3. The average molecular weight is 269 g/mol. The molecule has 1 aliphatic rings. The average Bonchev–Trinajstić information content (AvgIpc) is 2.90. The molecule has 0 atom stereocenters. The van der Waals surface area contributed by atoms with Gasteiger partial charge in [0.1, 0.15) is 11.5 Å². The van der Waals surface area contributed by atoms with Crippen molar-refractivity contribution in [1.29, 1.82) is 0 Å². The second-order valence-corrected chi connectivity index (χ2v) is 5.02. The number of methoxy groups -OCH3 is 2. The lowest BCUT2D eigenvalue weighted by Crippen LogP contribution is -2.19. The van der Waals surface area contributed by atoms with E-state index in [1.54, 1.807) is 14.2 Å². The van der Waals surface area contributed by atoms with Gasteiger partial charge in [0.25, 0.3) is 0 Å². The van der Waals surface area contributed by atoms with Crippen molar-refractivity contribution in [3.8, 4) is 11.5 Å². The summed E-state index contributed by atoms with van der Waals surface area (Å²) in [6, 6.07) is 14.7. The molecule has 0 unspecified atom stereocenters. The molecule has 0 N–H and O–H groups in total. The molecule has 104 valence electrons. The SMILES string of the molecule is COc1cc(CN2CCc3ccccc32)cc(OC)c1. The van der Waals surface area contributed by atoms with Crippen molar-refractivity contribution in [1.82, 2.24) is 0 Å². The molecule has 0 saturated heterocycles. The van der Waals surface area contributed by atoms with Gasteiger partial charge in [0.05, 0.1) is 14.2 Å². The van der Waals surface area contributed by atoms with E-state index in [1.165, 1.54) is 16.8 Å². The zero-order chi connectivity index (χ0) is 13.9. The van der Waals surface area contributed by atoms with Crippen LogP contribution in [0.25, 0.3) is 0 Å². The van der Waals surface area contributed by atoms with Crippen LogP contribution in [0.1, 0.15) is 11.1 Å². The number of rotatable bonds is 4. The van der Waals surface area contributed by atoms with E-state index < -0.39 is 0 Å². The molecule has 1 aliphatic heterocycles. The first-order valence-corrected chi connectivity index (χ1v) is 6.85. The molecular weight excluding hydrogens is 250 g/mol. The maximum Gasteiger partial charge on any atom is 0.122 e. The minimum Gasteiger partial charge on any atom is -0.497 e. The van der Waals surface area contributed by atoms with Gasteiger partial charge in [-0.2, -0.15) is 0 Å². The highest BCUT2D eigenvalue weighted by molar-refractivity contribution is 5.58. The van der Waals surface area contributed by atoms with E-state index in [1.807, 2.05) is 6.07 Å². The van der Waals surface area contributed by atoms with Gasteiger partial charge in [-0.1, -0.05) is 18.2 Å². The van der Waals surface area contributed by atoms with Crippen LogP contribution in [0.15, 0.2) is 42.5 Å². The molecule has 0 spiro atoms. The van der Waals surface area contributed by atoms with Crippen molar-refractivity contribution in [2.24, 2.45) is 0 Å². The Bertz CT molecular complexity index is 587. The number of fused-ring (bicyclic) bond motifs is 1. The summed E-state index contributed by atoms with van der Waals surface area (Å²) in [6.07, 6.45) is 1.12. The fourth-order valence-electron chi connectivity index (χ4n) is 2.75. The lowest BCUT2D eigenvalue weighted by molar-refractivity contribution is 0.393. The smallest absolute Gasteiger partial charge is 0.122 e. The van der Waals surface area contributed by atoms with E-state index in [0.717, 1.165) is 31.0 Å². The summed E-state index contributed by atoms with van der Waals surface area (Å²) in [4.78, 5) is 2.41. The largest absolute Gasteiger partial charge is 0.497 e. The van der Waals surface area contributed by atoms with Gasteiger partial charge in [-0.05, 0) is 35.7 Å². The van der Waals surface area contributed by atoms with E-state index in [0.29, 0.717) is 0 Å². The molecule has 1 heterocycles. The van der Waals surface area contributed by atoms with Crippen molar-refractivity contribution in [2.45, 2.75) is 13.0 Å². The van der Waals surface area contributed by atoms with Gasteiger partial charge in [-0.15, -0.1) is 0 Å². The van der Waals surface area contributed by atoms with Crippen molar-refractivity contribution < 1.29 is 9.47 Å². The quantitative estimate of drug-likeness (QED) is 0.850. The Morgan fingerprint density at radius 3 is 2.40 bits per heavy atom. The highest BCUT2D eigenvalue weighted by Gasteiger charge is 2.18. The first kappa shape index (κ1) is 12.9. The lowest BCUT2D eigenvalue weighted by atomic mass is 10.1. The van der Waals surface area contributed by atoms with Crippen molar-refractivity contribution in [2.75, 3.05) is 25.7 Å². The van der Waals surface area contributed by atoms with E-state index >= 15 is 0 Å². The van der Waals surface area contributed by atoms with Gasteiger partial charge in [0.15, 0.2) is 0 Å². The van der Waals surface area contributed by atoms with Crippen LogP contribution in [0.3, 0.4) is 0 Å². The third kappa shape index (κ3) is 2.44. The van der Waals surface area contributed by atoms with Crippen molar-refractivity contribution >= 4 is 5.69 Å². The van der Waals surface area contributed by atoms with Gasteiger partial charge in [0.2, 0.25) is 0 Å². The predicted octanol–water partition coefficient (Wildman–Crippen LogP) is 3.27. The molecule has 0 saturated carbocycles. The summed E-state index contributed by atoms with van der Waals surface area (Å²) in [7, 11) is 3.37.